The minimum atomic E-state index is -3.70. The Labute approximate surface area is 171 Å². The normalized spacial score (nSPS) is 11.5. The predicted molar refractivity (Wildman–Crippen MR) is 111 cm³/mol. The van der Waals surface area contributed by atoms with Gasteiger partial charge in [-0.05, 0) is 30.7 Å². The van der Waals surface area contributed by atoms with Crippen molar-refractivity contribution in [3.05, 3.63) is 58.1 Å². The SMILES string of the molecule is CCCCNS(=O)(=O)c1cccc(C(=O)Nc2nc3ccc([N+](=O)[O-])cc3s2)c1. The number of hydrogen-bond acceptors (Lipinski definition) is 7. The van der Waals surface area contributed by atoms with Crippen molar-refractivity contribution in [3.8, 4) is 0 Å². The van der Waals surface area contributed by atoms with E-state index in [0.29, 0.717) is 16.8 Å². The average Bonchev–Trinajstić information content (AvgIpc) is 3.09. The Morgan fingerprint density at radius 1 is 1.24 bits per heavy atom. The van der Waals surface area contributed by atoms with E-state index in [1.54, 1.807) is 0 Å². The zero-order chi connectivity index (χ0) is 21.0. The maximum Gasteiger partial charge on any atom is 0.270 e. The van der Waals surface area contributed by atoms with Crippen LogP contribution in [0.2, 0.25) is 0 Å². The molecular formula is C18H18N4O5S2. The van der Waals surface area contributed by atoms with Gasteiger partial charge in [-0.3, -0.25) is 20.2 Å². The molecule has 2 N–H and O–H groups in total. The number of carbonyl (C=O) groups excluding carboxylic acids is 1. The summed E-state index contributed by atoms with van der Waals surface area (Å²) in [5.74, 6) is -0.524. The van der Waals surface area contributed by atoms with Crippen molar-refractivity contribution in [1.29, 1.82) is 0 Å². The van der Waals surface area contributed by atoms with Gasteiger partial charge >= 0.3 is 0 Å². The second kappa shape index (κ2) is 8.64. The Bertz CT molecular complexity index is 1170. The van der Waals surface area contributed by atoms with Gasteiger partial charge in [0.25, 0.3) is 11.6 Å². The quantitative estimate of drug-likeness (QED) is 0.317. The van der Waals surface area contributed by atoms with Crippen LogP contribution in [0.4, 0.5) is 10.8 Å². The van der Waals surface area contributed by atoms with Gasteiger partial charge < -0.3 is 0 Å². The number of nitrogens with zero attached hydrogens (tertiary/aromatic N) is 2. The first-order valence-corrected chi connectivity index (χ1v) is 11.1. The van der Waals surface area contributed by atoms with Crippen LogP contribution in [-0.2, 0) is 10.0 Å². The molecule has 152 valence electrons. The molecule has 11 heteroatoms. The summed E-state index contributed by atoms with van der Waals surface area (Å²) in [4.78, 5) is 27.1. The molecule has 3 rings (SSSR count). The summed E-state index contributed by atoms with van der Waals surface area (Å²) in [6.07, 6.45) is 1.57. The minimum absolute atomic E-state index is 0.00109. The number of fused-ring (bicyclic) bond motifs is 1. The highest BCUT2D eigenvalue weighted by Gasteiger charge is 2.17. The van der Waals surface area contributed by atoms with Gasteiger partial charge in [0.2, 0.25) is 10.0 Å². The van der Waals surface area contributed by atoms with E-state index in [4.69, 9.17) is 0 Å². The molecule has 2 aromatic carbocycles. The number of thiazole rings is 1. The molecule has 29 heavy (non-hydrogen) atoms. The van der Waals surface area contributed by atoms with E-state index in [0.717, 1.165) is 24.2 Å². The minimum Gasteiger partial charge on any atom is -0.298 e. The summed E-state index contributed by atoms with van der Waals surface area (Å²) in [5, 5.41) is 13.8. The number of amides is 1. The van der Waals surface area contributed by atoms with Crippen LogP contribution in [0.1, 0.15) is 30.1 Å². The molecule has 0 radical (unpaired) electrons. The van der Waals surface area contributed by atoms with E-state index in [2.05, 4.69) is 15.0 Å². The highest BCUT2D eigenvalue weighted by molar-refractivity contribution is 7.89. The third kappa shape index (κ3) is 4.94. The Balaban J connectivity index is 1.79. The second-order valence-electron chi connectivity index (χ2n) is 6.16. The Morgan fingerprint density at radius 2 is 2.03 bits per heavy atom. The van der Waals surface area contributed by atoms with Gasteiger partial charge in [0.1, 0.15) is 0 Å². The number of nitro benzene ring substituents is 1. The first kappa shape index (κ1) is 20.8. The van der Waals surface area contributed by atoms with Crippen molar-refractivity contribution in [3.63, 3.8) is 0 Å². The topological polar surface area (TPSA) is 131 Å². The molecule has 0 aliphatic carbocycles. The van der Waals surface area contributed by atoms with Crippen LogP contribution in [0.25, 0.3) is 10.2 Å². The van der Waals surface area contributed by atoms with Crippen LogP contribution in [-0.4, -0.2) is 30.8 Å². The van der Waals surface area contributed by atoms with Crippen LogP contribution in [0.3, 0.4) is 0 Å². The van der Waals surface area contributed by atoms with Crippen LogP contribution in [0.5, 0.6) is 0 Å². The number of nitro groups is 1. The van der Waals surface area contributed by atoms with Gasteiger partial charge in [0.15, 0.2) is 5.13 Å². The van der Waals surface area contributed by atoms with Crippen molar-refractivity contribution in [2.24, 2.45) is 0 Å². The van der Waals surface area contributed by atoms with Gasteiger partial charge in [-0.2, -0.15) is 0 Å². The van der Waals surface area contributed by atoms with Crippen molar-refractivity contribution < 1.29 is 18.1 Å². The summed E-state index contributed by atoms with van der Waals surface area (Å²) in [6, 6.07) is 9.94. The molecule has 0 unspecified atom stereocenters. The number of benzene rings is 2. The zero-order valence-electron chi connectivity index (χ0n) is 15.4. The molecule has 0 saturated carbocycles. The number of rotatable bonds is 8. The van der Waals surface area contributed by atoms with Gasteiger partial charge in [0, 0.05) is 24.2 Å². The second-order valence-corrected chi connectivity index (χ2v) is 8.96. The molecule has 1 aromatic heterocycles. The summed E-state index contributed by atoms with van der Waals surface area (Å²) >= 11 is 1.10. The average molecular weight is 434 g/mol. The van der Waals surface area contributed by atoms with E-state index >= 15 is 0 Å². The van der Waals surface area contributed by atoms with E-state index in [1.807, 2.05) is 6.92 Å². The van der Waals surface area contributed by atoms with Crippen molar-refractivity contribution >= 4 is 48.3 Å². The van der Waals surface area contributed by atoms with E-state index in [-0.39, 0.29) is 21.3 Å². The fraction of sp³-hybridized carbons (Fsp3) is 0.222. The van der Waals surface area contributed by atoms with Gasteiger partial charge in [0.05, 0.1) is 20.0 Å². The van der Waals surface area contributed by atoms with Gasteiger partial charge in [-0.15, -0.1) is 0 Å². The number of carbonyl (C=O) groups is 1. The fourth-order valence-corrected chi connectivity index (χ4v) is 4.53. The number of non-ortho nitro benzene ring substituents is 1. The molecule has 1 heterocycles. The van der Waals surface area contributed by atoms with Gasteiger partial charge in [-0.1, -0.05) is 30.7 Å². The van der Waals surface area contributed by atoms with Crippen LogP contribution in [0.15, 0.2) is 47.4 Å². The van der Waals surface area contributed by atoms with Crippen molar-refractivity contribution in [2.75, 3.05) is 11.9 Å². The lowest BCUT2D eigenvalue weighted by atomic mass is 10.2. The Morgan fingerprint density at radius 3 is 2.76 bits per heavy atom. The van der Waals surface area contributed by atoms with Crippen LogP contribution in [0, 0.1) is 10.1 Å². The van der Waals surface area contributed by atoms with E-state index in [1.165, 1.54) is 42.5 Å². The van der Waals surface area contributed by atoms with Crippen LogP contribution >= 0.6 is 11.3 Å². The molecule has 0 spiro atoms. The first-order valence-electron chi connectivity index (χ1n) is 8.76. The fourth-order valence-electron chi connectivity index (χ4n) is 2.52. The number of unbranched alkanes of at least 4 members (excludes halogenated alkanes) is 1. The molecule has 0 aliphatic rings. The predicted octanol–water partition coefficient (Wildman–Crippen LogP) is 3.54. The van der Waals surface area contributed by atoms with Gasteiger partial charge in [-0.25, -0.2) is 18.1 Å². The highest BCUT2D eigenvalue weighted by atomic mass is 32.2. The molecular weight excluding hydrogens is 416 g/mol. The third-order valence-corrected chi connectivity index (χ3v) is 6.42. The number of hydrogen-bond donors (Lipinski definition) is 2. The lowest BCUT2D eigenvalue weighted by Gasteiger charge is -2.08. The largest absolute Gasteiger partial charge is 0.298 e. The molecule has 0 aliphatic heterocycles. The van der Waals surface area contributed by atoms with E-state index < -0.39 is 20.9 Å². The molecule has 0 saturated heterocycles. The smallest absolute Gasteiger partial charge is 0.270 e. The summed E-state index contributed by atoms with van der Waals surface area (Å²) in [6.45, 7) is 2.28. The van der Waals surface area contributed by atoms with Crippen LogP contribution < -0.4 is 10.0 Å². The standard InChI is InChI=1S/C18H18N4O5S2/c1-2-3-9-19-29(26,27)14-6-4-5-12(10-14)17(23)21-18-20-15-8-7-13(22(24)25)11-16(15)28-18/h4-8,10-11,19H,2-3,9H2,1H3,(H,20,21,23). The maximum atomic E-state index is 12.5. The maximum absolute atomic E-state index is 12.5. The Kier molecular flexibility index (Phi) is 6.20. The molecule has 9 nitrogen and oxygen atoms in total. The van der Waals surface area contributed by atoms with E-state index in [9.17, 15) is 23.3 Å². The molecule has 0 atom stereocenters. The van der Waals surface area contributed by atoms with Crippen molar-refractivity contribution in [2.45, 2.75) is 24.7 Å². The summed E-state index contributed by atoms with van der Waals surface area (Å²) in [5.41, 5.74) is 0.619. The van der Waals surface area contributed by atoms with Crippen molar-refractivity contribution in [1.82, 2.24) is 9.71 Å². The lowest BCUT2D eigenvalue weighted by Crippen LogP contribution is -2.25. The molecule has 1 amide bonds. The summed E-state index contributed by atoms with van der Waals surface area (Å²) < 4.78 is 27.7. The molecule has 3 aromatic rings. The Hall–Kier alpha value is -2.89. The first-order chi connectivity index (χ1) is 13.8. The summed E-state index contributed by atoms with van der Waals surface area (Å²) in [7, 11) is -3.70. The molecule has 0 bridgehead atoms. The number of aromatic nitrogens is 1. The molecule has 0 fully saturated rings. The highest BCUT2D eigenvalue weighted by Crippen LogP contribution is 2.29. The number of nitrogens with one attached hydrogen (secondary N) is 2. The lowest BCUT2D eigenvalue weighted by molar-refractivity contribution is -0.384. The monoisotopic (exact) mass is 434 g/mol. The zero-order valence-corrected chi connectivity index (χ0v) is 17.0. The number of sulfonamides is 1. The third-order valence-electron chi connectivity index (χ3n) is 4.03. The number of anilines is 1.